The third-order valence-corrected chi connectivity index (χ3v) is 4.04. The number of hydrogen-bond donors (Lipinski definition) is 2. The molecular weight excluding hydrogens is 262 g/mol. The number of hydrogen-bond acceptors (Lipinski definition) is 3. The Morgan fingerprint density at radius 3 is 2.38 bits per heavy atom. The maximum Gasteiger partial charge on any atom is 0.219 e. The minimum atomic E-state index is -0.270. The lowest BCUT2D eigenvalue weighted by Gasteiger charge is -2.29. The first kappa shape index (κ1) is 15.8. The molecule has 1 amide bonds. The molecule has 4 heteroatoms. The van der Waals surface area contributed by atoms with Crippen molar-refractivity contribution in [2.24, 2.45) is 5.73 Å². The highest BCUT2D eigenvalue weighted by atomic mass is 16.1. The quantitative estimate of drug-likeness (QED) is 0.845. The molecule has 0 atom stereocenters. The molecule has 1 aromatic rings. The fraction of sp³-hybridized carbons (Fsp3) is 0.588. The summed E-state index contributed by atoms with van der Waals surface area (Å²) in [5.41, 5.74) is 7.54. The highest BCUT2D eigenvalue weighted by Crippen LogP contribution is 2.20. The Labute approximate surface area is 127 Å². The Bertz CT molecular complexity index is 461. The molecule has 0 saturated carbocycles. The van der Waals surface area contributed by atoms with E-state index in [4.69, 9.17) is 5.73 Å². The van der Waals surface area contributed by atoms with Gasteiger partial charge in [-0.05, 0) is 50.8 Å². The molecular formula is C17H27N3O. The molecule has 21 heavy (non-hydrogen) atoms. The Kier molecular flexibility index (Phi) is 5.23. The molecule has 1 fully saturated rings. The Balaban J connectivity index is 1.88. The number of carbonyl (C=O) groups is 1. The number of anilines is 1. The van der Waals surface area contributed by atoms with E-state index in [0.29, 0.717) is 6.42 Å². The summed E-state index contributed by atoms with van der Waals surface area (Å²) in [6.07, 6.45) is 4.29. The van der Waals surface area contributed by atoms with Gasteiger partial charge in [-0.25, -0.2) is 0 Å². The smallest absolute Gasteiger partial charge is 0.219 e. The van der Waals surface area contributed by atoms with Gasteiger partial charge in [0.15, 0.2) is 0 Å². The van der Waals surface area contributed by atoms with Crippen LogP contribution < -0.4 is 16.0 Å². The SMILES string of the molecule is CC(C)(CC(N)=O)NCc1ccc(N2CCCCC2)cc1. The molecule has 1 aromatic carbocycles. The van der Waals surface area contributed by atoms with Crippen molar-refractivity contribution in [3.8, 4) is 0 Å². The van der Waals surface area contributed by atoms with Crippen molar-refractivity contribution in [3.05, 3.63) is 29.8 Å². The molecule has 1 aliphatic rings. The molecule has 1 heterocycles. The van der Waals surface area contributed by atoms with E-state index in [1.165, 1.54) is 43.6 Å². The molecule has 116 valence electrons. The summed E-state index contributed by atoms with van der Waals surface area (Å²) in [5, 5.41) is 3.39. The monoisotopic (exact) mass is 289 g/mol. The van der Waals surface area contributed by atoms with Gasteiger partial charge in [0.25, 0.3) is 0 Å². The molecule has 0 bridgehead atoms. The van der Waals surface area contributed by atoms with Crippen molar-refractivity contribution in [3.63, 3.8) is 0 Å². The number of nitrogens with zero attached hydrogens (tertiary/aromatic N) is 1. The zero-order valence-corrected chi connectivity index (χ0v) is 13.2. The van der Waals surface area contributed by atoms with Gasteiger partial charge in [0.1, 0.15) is 0 Å². The number of benzene rings is 1. The maximum atomic E-state index is 11.0. The van der Waals surface area contributed by atoms with E-state index < -0.39 is 0 Å². The standard InChI is InChI=1S/C17H27N3O/c1-17(2,12-16(18)21)19-13-14-6-8-15(9-7-14)20-10-4-3-5-11-20/h6-9,19H,3-5,10-13H2,1-2H3,(H2,18,21). The van der Waals surface area contributed by atoms with E-state index in [-0.39, 0.29) is 11.4 Å². The van der Waals surface area contributed by atoms with E-state index in [1.54, 1.807) is 0 Å². The Morgan fingerprint density at radius 1 is 1.19 bits per heavy atom. The average molecular weight is 289 g/mol. The zero-order chi connectivity index (χ0) is 15.3. The van der Waals surface area contributed by atoms with Crippen LogP contribution in [0.2, 0.25) is 0 Å². The second-order valence-electron chi connectivity index (χ2n) is 6.59. The molecule has 0 spiro atoms. The van der Waals surface area contributed by atoms with E-state index in [9.17, 15) is 4.79 Å². The number of nitrogens with one attached hydrogen (secondary N) is 1. The van der Waals surface area contributed by atoms with Crippen molar-refractivity contribution in [2.75, 3.05) is 18.0 Å². The molecule has 3 N–H and O–H groups in total. The number of nitrogens with two attached hydrogens (primary N) is 1. The normalized spacial score (nSPS) is 16.0. The van der Waals surface area contributed by atoms with Gasteiger partial charge < -0.3 is 16.0 Å². The predicted octanol–water partition coefficient (Wildman–Crippen LogP) is 2.42. The molecule has 0 unspecified atom stereocenters. The third-order valence-electron chi connectivity index (χ3n) is 4.04. The fourth-order valence-electron chi connectivity index (χ4n) is 2.82. The van der Waals surface area contributed by atoms with Gasteiger partial charge >= 0.3 is 0 Å². The van der Waals surface area contributed by atoms with E-state index in [0.717, 1.165) is 6.54 Å². The molecule has 2 rings (SSSR count). The van der Waals surface area contributed by atoms with Crippen LogP contribution in [0.25, 0.3) is 0 Å². The maximum absolute atomic E-state index is 11.0. The van der Waals surface area contributed by atoms with Crippen molar-refractivity contribution in [1.29, 1.82) is 0 Å². The fourth-order valence-corrected chi connectivity index (χ4v) is 2.82. The molecule has 0 radical (unpaired) electrons. The van der Waals surface area contributed by atoms with E-state index in [2.05, 4.69) is 34.5 Å². The summed E-state index contributed by atoms with van der Waals surface area (Å²) in [6.45, 7) is 7.09. The van der Waals surface area contributed by atoms with E-state index in [1.807, 2.05) is 13.8 Å². The van der Waals surface area contributed by atoms with Crippen LogP contribution in [0.3, 0.4) is 0 Å². The largest absolute Gasteiger partial charge is 0.372 e. The van der Waals surface area contributed by atoms with Gasteiger partial charge in [-0.2, -0.15) is 0 Å². The summed E-state index contributed by atoms with van der Waals surface area (Å²) in [4.78, 5) is 13.5. The summed E-state index contributed by atoms with van der Waals surface area (Å²) >= 11 is 0. The minimum Gasteiger partial charge on any atom is -0.372 e. The Morgan fingerprint density at radius 2 is 1.81 bits per heavy atom. The Hall–Kier alpha value is -1.55. The highest BCUT2D eigenvalue weighted by molar-refractivity contribution is 5.75. The lowest BCUT2D eigenvalue weighted by molar-refractivity contribution is -0.119. The summed E-state index contributed by atoms with van der Waals surface area (Å²) < 4.78 is 0. The molecule has 4 nitrogen and oxygen atoms in total. The second kappa shape index (κ2) is 6.94. The highest BCUT2D eigenvalue weighted by Gasteiger charge is 2.19. The molecule has 1 aliphatic heterocycles. The lowest BCUT2D eigenvalue weighted by Crippen LogP contribution is -2.42. The van der Waals surface area contributed by atoms with Crippen LogP contribution in [0, 0.1) is 0 Å². The lowest BCUT2D eigenvalue weighted by atomic mass is 10.00. The third kappa shape index (κ3) is 5.05. The predicted molar refractivity (Wildman–Crippen MR) is 87.2 cm³/mol. The minimum absolute atomic E-state index is 0.266. The summed E-state index contributed by atoms with van der Waals surface area (Å²) in [5.74, 6) is -0.270. The van der Waals surface area contributed by atoms with Gasteiger partial charge in [0.2, 0.25) is 5.91 Å². The van der Waals surface area contributed by atoms with Gasteiger partial charge in [-0.1, -0.05) is 12.1 Å². The molecule has 1 saturated heterocycles. The first-order valence-corrected chi connectivity index (χ1v) is 7.83. The zero-order valence-electron chi connectivity index (χ0n) is 13.2. The van der Waals surface area contributed by atoms with Crippen molar-refractivity contribution >= 4 is 11.6 Å². The van der Waals surface area contributed by atoms with Crippen LogP contribution in [0.5, 0.6) is 0 Å². The number of rotatable bonds is 6. The van der Waals surface area contributed by atoms with Crippen molar-refractivity contribution in [1.82, 2.24) is 5.32 Å². The number of carbonyl (C=O) groups excluding carboxylic acids is 1. The number of piperidine rings is 1. The van der Waals surface area contributed by atoms with Crippen LogP contribution >= 0.6 is 0 Å². The van der Waals surface area contributed by atoms with E-state index >= 15 is 0 Å². The summed E-state index contributed by atoms with van der Waals surface area (Å²) in [6, 6.07) is 8.72. The van der Waals surface area contributed by atoms with Crippen LogP contribution in [-0.4, -0.2) is 24.5 Å². The second-order valence-corrected chi connectivity index (χ2v) is 6.59. The van der Waals surface area contributed by atoms with Crippen LogP contribution in [0.1, 0.15) is 45.1 Å². The van der Waals surface area contributed by atoms with Gasteiger partial charge in [-0.15, -0.1) is 0 Å². The van der Waals surface area contributed by atoms with Gasteiger partial charge in [0, 0.05) is 37.3 Å². The number of primary amides is 1. The van der Waals surface area contributed by atoms with Gasteiger partial charge in [0.05, 0.1) is 0 Å². The van der Waals surface area contributed by atoms with Crippen molar-refractivity contribution in [2.45, 2.75) is 51.6 Å². The molecule has 0 aliphatic carbocycles. The van der Waals surface area contributed by atoms with Gasteiger partial charge in [-0.3, -0.25) is 4.79 Å². The van der Waals surface area contributed by atoms with Crippen LogP contribution in [0.15, 0.2) is 24.3 Å². The average Bonchev–Trinajstić information content (AvgIpc) is 2.45. The number of amides is 1. The van der Waals surface area contributed by atoms with Crippen molar-refractivity contribution < 1.29 is 4.79 Å². The molecule has 0 aromatic heterocycles. The van der Waals surface area contributed by atoms with Crippen LogP contribution in [0.4, 0.5) is 5.69 Å². The topological polar surface area (TPSA) is 58.4 Å². The summed E-state index contributed by atoms with van der Waals surface area (Å²) in [7, 11) is 0. The first-order valence-electron chi connectivity index (χ1n) is 7.83. The van der Waals surface area contributed by atoms with Crippen LogP contribution in [-0.2, 0) is 11.3 Å². The first-order chi connectivity index (χ1) is 9.96.